The van der Waals surface area contributed by atoms with Gasteiger partial charge in [-0.2, -0.15) is 13.2 Å². The Kier molecular flexibility index (Phi) is 4.62. The van der Waals surface area contributed by atoms with Crippen molar-refractivity contribution in [2.75, 3.05) is 0 Å². The Hall–Kier alpha value is -3.32. The van der Waals surface area contributed by atoms with Crippen molar-refractivity contribution in [1.82, 2.24) is 9.38 Å². The molecule has 0 saturated carbocycles. The van der Waals surface area contributed by atoms with Crippen LogP contribution in [0.5, 0.6) is 0 Å². The molecule has 0 amide bonds. The topological polar surface area (TPSA) is 54.6 Å². The molecule has 1 aliphatic rings. The maximum absolute atomic E-state index is 13.6. The molecule has 8 heteroatoms. The molecule has 0 fully saturated rings. The predicted molar refractivity (Wildman–Crippen MR) is 120 cm³/mol. The second kappa shape index (κ2) is 7.09. The number of carboxylic acid groups (broad SMARTS) is 1. The van der Waals surface area contributed by atoms with Gasteiger partial charge in [-0.15, -0.1) is 0 Å². The highest BCUT2D eigenvalue weighted by Gasteiger charge is 2.39. The molecule has 0 atom stereocenters. The van der Waals surface area contributed by atoms with E-state index >= 15 is 0 Å². The van der Waals surface area contributed by atoms with Crippen LogP contribution in [0.25, 0.3) is 27.9 Å². The number of carboxylic acids is 1. The first-order valence-electron chi connectivity index (χ1n) is 10.2. The number of imidazole rings is 1. The van der Waals surface area contributed by atoms with Crippen LogP contribution in [0.4, 0.5) is 13.2 Å². The lowest BCUT2D eigenvalue weighted by molar-refractivity contribution is -0.143. The molecule has 2 aromatic heterocycles. The summed E-state index contributed by atoms with van der Waals surface area (Å²) in [5.74, 6) is -1.03. The standard InChI is InChI=1S/C25H18ClF3N2O2/c1-24(2,23(32)33)21-16(8-7-15-14-6-4-3-5-13(14)11-18(15)21)17-9-10-19(25(27,28)29)31-20(26)12-30-22(17)31/h3-10,12H,11H2,1-2H3,(H,32,33). The van der Waals surface area contributed by atoms with E-state index in [1.165, 1.54) is 12.3 Å². The molecule has 1 N–H and O–H groups in total. The summed E-state index contributed by atoms with van der Waals surface area (Å²) in [5.41, 5.74) is 3.14. The van der Waals surface area contributed by atoms with Crippen molar-refractivity contribution in [3.63, 3.8) is 0 Å². The zero-order chi connectivity index (χ0) is 23.7. The van der Waals surface area contributed by atoms with Gasteiger partial charge in [0.2, 0.25) is 0 Å². The van der Waals surface area contributed by atoms with E-state index in [0.29, 0.717) is 23.1 Å². The number of alkyl halides is 3. The summed E-state index contributed by atoms with van der Waals surface area (Å²) in [6.45, 7) is 3.22. The molecular formula is C25H18ClF3N2O2. The lowest BCUT2D eigenvalue weighted by Crippen LogP contribution is -2.30. The molecule has 1 aliphatic carbocycles. The van der Waals surface area contributed by atoms with Crippen LogP contribution < -0.4 is 0 Å². The number of pyridine rings is 1. The molecule has 4 aromatic rings. The Morgan fingerprint density at radius 2 is 1.67 bits per heavy atom. The summed E-state index contributed by atoms with van der Waals surface area (Å²) < 4.78 is 41.7. The first-order valence-corrected chi connectivity index (χ1v) is 10.6. The van der Waals surface area contributed by atoms with Crippen molar-refractivity contribution in [3.05, 3.63) is 82.3 Å². The lowest BCUT2D eigenvalue weighted by atomic mass is 9.76. The molecule has 0 spiro atoms. The van der Waals surface area contributed by atoms with E-state index in [0.717, 1.165) is 32.7 Å². The molecular weight excluding hydrogens is 453 g/mol. The highest BCUT2D eigenvalue weighted by molar-refractivity contribution is 6.30. The molecule has 2 aromatic carbocycles. The van der Waals surface area contributed by atoms with Gasteiger partial charge in [0, 0.05) is 5.56 Å². The highest BCUT2D eigenvalue weighted by atomic mass is 35.5. The number of hydrogen-bond acceptors (Lipinski definition) is 2. The smallest absolute Gasteiger partial charge is 0.431 e. The third-order valence-corrected chi connectivity index (χ3v) is 6.60. The fourth-order valence-electron chi connectivity index (χ4n) is 4.75. The minimum atomic E-state index is -4.64. The zero-order valence-electron chi connectivity index (χ0n) is 17.7. The normalized spacial score (nSPS) is 13.3. The zero-order valence-corrected chi connectivity index (χ0v) is 18.4. The van der Waals surface area contributed by atoms with Crippen LogP contribution in [-0.2, 0) is 22.8 Å². The number of hydrogen-bond donors (Lipinski definition) is 1. The van der Waals surface area contributed by atoms with E-state index in [2.05, 4.69) is 4.98 Å². The van der Waals surface area contributed by atoms with Crippen molar-refractivity contribution >= 4 is 23.2 Å². The summed E-state index contributed by atoms with van der Waals surface area (Å²) in [7, 11) is 0. The summed E-state index contributed by atoms with van der Waals surface area (Å²) in [6, 6.07) is 13.8. The van der Waals surface area contributed by atoms with Crippen molar-refractivity contribution in [1.29, 1.82) is 0 Å². The highest BCUT2D eigenvalue weighted by Crippen LogP contribution is 2.47. The average molecular weight is 471 g/mol. The van der Waals surface area contributed by atoms with Crippen LogP contribution in [-0.4, -0.2) is 20.5 Å². The second-order valence-corrected chi connectivity index (χ2v) is 9.04. The maximum Gasteiger partial charge on any atom is 0.431 e. The minimum absolute atomic E-state index is 0.0210. The number of benzene rings is 2. The fraction of sp³-hybridized carbons (Fsp3) is 0.200. The van der Waals surface area contributed by atoms with Gasteiger partial charge in [-0.25, -0.2) is 4.98 Å². The molecule has 0 aliphatic heterocycles. The molecule has 4 nitrogen and oxygen atoms in total. The molecule has 5 rings (SSSR count). The van der Waals surface area contributed by atoms with E-state index in [1.54, 1.807) is 19.9 Å². The second-order valence-electron chi connectivity index (χ2n) is 8.65. The predicted octanol–water partition coefficient (Wildman–Crippen LogP) is 6.61. The van der Waals surface area contributed by atoms with E-state index in [4.69, 9.17) is 11.6 Å². The minimum Gasteiger partial charge on any atom is -0.481 e. The fourth-order valence-corrected chi connectivity index (χ4v) is 4.97. The molecule has 0 bridgehead atoms. The van der Waals surface area contributed by atoms with Crippen LogP contribution in [0.3, 0.4) is 0 Å². The lowest BCUT2D eigenvalue weighted by Gasteiger charge is -2.27. The Bertz CT molecular complexity index is 1450. The van der Waals surface area contributed by atoms with Gasteiger partial charge in [0.05, 0.1) is 11.6 Å². The Morgan fingerprint density at radius 3 is 2.36 bits per heavy atom. The monoisotopic (exact) mass is 470 g/mol. The number of aliphatic carboxylic acids is 1. The van der Waals surface area contributed by atoms with E-state index in [9.17, 15) is 23.1 Å². The van der Waals surface area contributed by atoms with Crippen molar-refractivity contribution < 1.29 is 23.1 Å². The first-order chi connectivity index (χ1) is 15.5. The van der Waals surface area contributed by atoms with Gasteiger partial charge >= 0.3 is 12.1 Å². The molecule has 2 heterocycles. The van der Waals surface area contributed by atoms with E-state index in [1.807, 2.05) is 30.3 Å². The van der Waals surface area contributed by atoms with E-state index < -0.39 is 23.3 Å². The first kappa shape index (κ1) is 21.5. The number of rotatable bonds is 3. The summed E-state index contributed by atoms with van der Waals surface area (Å²) in [6.07, 6.45) is -2.93. The van der Waals surface area contributed by atoms with Crippen molar-refractivity contribution in [2.45, 2.75) is 31.9 Å². The molecule has 0 unspecified atom stereocenters. The van der Waals surface area contributed by atoms with Gasteiger partial charge in [-0.05, 0) is 65.8 Å². The van der Waals surface area contributed by atoms with Crippen LogP contribution in [0.15, 0.2) is 54.7 Å². The Labute approximate surface area is 192 Å². The SMILES string of the molecule is CC(C)(C(=O)O)c1c(-c2ccc(C(F)(F)F)n3c(Cl)cnc23)ccc2c1Cc1ccccc1-2. The number of aromatic nitrogens is 2. The van der Waals surface area contributed by atoms with Gasteiger partial charge in [0.1, 0.15) is 16.5 Å². The summed E-state index contributed by atoms with van der Waals surface area (Å²) >= 11 is 6.08. The van der Waals surface area contributed by atoms with Crippen LogP contribution >= 0.6 is 11.6 Å². The quantitative estimate of drug-likeness (QED) is 0.323. The largest absolute Gasteiger partial charge is 0.481 e. The van der Waals surface area contributed by atoms with Crippen LogP contribution in [0.2, 0.25) is 5.15 Å². The van der Waals surface area contributed by atoms with Gasteiger partial charge < -0.3 is 5.11 Å². The Balaban J connectivity index is 1.85. The Morgan fingerprint density at radius 1 is 1.00 bits per heavy atom. The summed E-state index contributed by atoms with van der Waals surface area (Å²) in [4.78, 5) is 16.5. The summed E-state index contributed by atoms with van der Waals surface area (Å²) in [5, 5.41) is 9.92. The number of halogens is 4. The van der Waals surface area contributed by atoms with E-state index in [-0.39, 0.29) is 10.8 Å². The average Bonchev–Trinajstić information content (AvgIpc) is 3.32. The van der Waals surface area contributed by atoms with Crippen LogP contribution in [0.1, 0.15) is 36.2 Å². The molecule has 0 radical (unpaired) electrons. The number of fused-ring (bicyclic) bond motifs is 4. The van der Waals surface area contributed by atoms with Gasteiger partial charge in [-0.3, -0.25) is 9.20 Å². The molecule has 168 valence electrons. The van der Waals surface area contributed by atoms with Crippen molar-refractivity contribution in [3.8, 4) is 22.3 Å². The number of carbonyl (C=O) groups is 1. The van der Waals surface area contributed by atoms with Gasteiger partial charge in [0.15, 0.2) is 0 Å². The number of nitrogens with zero attached hydrogens (tertiary/aromatic N) is 2. The molecule has 0 saturated heterocycles. The maximum atomic E-state index is 13.6. The third-order valence-electron chi connectivity index (χ3n) is 6.34. The third kappa shape index (κ3) is 3.14. The van der Waals surface area contributed by atoms with Gasteiger partial charge in [0.25, 0.3) is 0 Å². The molecule has 33 heavy (non-hydrogen) atoms. The van der Waals surface area contributed by atoms with Crippen LogP contribution in [0, 0.1) is 0 Å². The van der Waals surface area contributed by atoms with Gasteiger partial charge in [-0.1, -0.05) is 48.0 Å². The van der Waals surface area contributed by atoms with Crippen molar-refractivity contribution in [2.24, 2.45) is 0 Å².